The molecule has 0 radical (unpaired) electrons. The van der Waals surface area contributed by atoms with Gasteiger partial charge < -0.3 is 24.7 Å². The average molecular weight is 347 g/mol. The molecule has 2 amide bonds. The molecule has 2 N–H and O–H groups in total. The number of piperidine rings is 1. The van der Waals surface area contributed by atoms with E-state index in [4.69, 9.17) is 9.47 Å². The second-order valence-electron chi connectivity index (χ2n) is 6.62. The highest BCUT2D eigenvalue weighted by molar-refractivity contribution is 5.83. The number of nitrogens with zero attached hydrogens (tertiary/aromatic N) is 1. The summed E-state index contributed by atoms with van der Waals surface area (Å²) in [5.74, 6) is -0.864. The molecule has 134 valence electrons. The molecule has 0 atom stereocenters. The van der Waals surface area contributed by atoms with Gasteiger partial charge in [-0.05, 0) is 36.6 Å². The van der Waals surface area contributed by atoms with Crippen molar-refractivity contribution in [3.05, 3.63) is 35.8 Å². The number of carbonyl (C=O) groups is 1. The molecule has 2 aliphatic heterocycles. The third-order valence-electron chi connectivity index (χ3n) is 4.92. The van der Waals surface area contributed by atoms with Crippen LogP contribution in [0.25, 0.3) is 10.9 Å². The number of carbonyl (C=O) groups excluding carboxylic acids is 1. The van der Waals surface area contributed by atoms with Gasteiger partial charge in [0.15, 0.2) is 5.79 Å². The summed E-state index contributed by atoms with van der Waals surface area (Å²) in [4.78, 5) is 17.3. The van der Waals surface area contributed by atoms with Crippen LogP contribution >= 0.6 is 0 Å². The SMILES string of the molecule is O=C(NCCc1c[nH]c2ccc(F)cc12)N1CCCC2(C1)OCCO2. The number of H-pyrrole nitrogens is 1. The molecule has 1 aromatic carbocycles. The molecule has 0 bridgehead atoms. The molecule has 0 saturated carbocycles. The van der Waals surface area contributed by atoms with E-state index in [2.05, 4.69) is 10.3 Å². The molecule has 0 unspecified atom stereocenters. The lowest BCUT2D eigenvalue weighted by Gasteiger charge is -2.38. The molecule has 4 rings (SSSR count). The second kappa shape index (κ2) is 6.65. The summed E-state index contributed by atoms with van der Waals surface area (Å²) < 4.78 is 24.8. The Morgan fingerprint density at radius 2 is 2.20 bits per heavy atom. The van der Waals surface area contributed by atoms with Crippen molar-refractivity contribution in [3.63, 3.8) is 0 Å². The summed E-state index contributed by atoms with van der Waals surface area (Å²) in [6, 6.07) is 4.57. The molecule has 2 aliphatic rings. The minimum Gasteiger partial charge on any atom is -0.361 e. The fourth-order valence-electron chi connectivity index (χ4n) is 3.67. The van der Waals surface area contributed by atoms with Crippen molar-refractivity contribution < 1.29 is 18.7 Å². The number of hydrogen-bond acceptors (Lipinski definition) is 3. The van der Waals surface area contributed by atoms with Crippen LogP contribution in [0.15, 0.2) is 24.4 Å². The van der Waals surface area contributed by atoms with Crippen molar-refractivity contribution >= 4 is 16.9 Å². The maximum absolute atomic E-state index is 13.4. The van der Waals surface area contributed by atoms with Crippen molar-refractivity contribution in [2.75, 3.05) is 32.8 Å². The van der Waals surface area contributed by atoms with Gasteiger partial charge in [0.05, 0.1) is 19.8 Å². The van der Waals surface area contributed by atoms with E-state index in [9.17, 15) is 9.18 Å². The molecular formula is C18H22FN3O3. The van der Waals surface area contributed by atoms with E-state index in [1.54, 1.807) is 11.0 Å². The molecule has 2 saturated heterocycles. The standard InChI is InChI=1S/C18H22FN3O3/c19-14-2-3-16-15(10-14)13(11-21-16)4-6-20-17(23)22-7-1-5-18(12-22)24-8-9-25-18/h2-3,10-11,21H,1,4-9,12H2,(H,20,23). The molecule has 0 aliphatic carbocycles. The Morgan fingerprint density at radius 1 is 1.36 bits per heavy atom. The Bertz CT molecular complexity index is 770. The average Bonchev–Trinajstić information content (AvgIpc) is 3.22. The third kappa shape index (κ3) is 3.34. The minimum atomic E-state index is -0.607. The zero-order valence-corrected chi connectivity index (χ0v) is 14.0. The van der Waals surface area contributed by atoms with Crippen molar-refractivity contribution in [2.24, 2.45) is 0 Å². The number of rotatable bonds is 3. The Kier molecular flexibility index (Phi) is 4.35. The molecule has 2 aromatic rings. The number of nitrogens with one attached hydrogen (secondary N) is 2. The Hall–Kier alpha value is -2.12. The van der Waals surface area contributed by atoms with Gasteiger partial charge in [-0.15, -0.1) is 0 Å². The van der Waals surface area contributed by atoms with Crippen LogP contribution in [0.4, 0.5) is 9.18 Å². The first-order chi connectivity index (χ1) is 12.2. The smallest absolute Gasteiger partial charge is 0.317 e. The van der Waals surface area contributed by atoms with Crippen LogP contribution in [0.5, 0.6) is 0 Å². The van der Waals surface area contributed by atoms with Gasteiger partial charge in [-0.25, -0.2) is 9.18 Å². The Labute approximate surface area is 145 Å². The molecule has 7 heteroatoms. The number of aromatic amines is 1. The highest BCUT2D eigenvalue weighted by Gasteiger charge is 2.42. The second-order valence-corrected chi connectivity index (χ2v) is 6.62. The molecule has 6 nitrogen and oxygen atoms in total. The van der Waals surface area contributed by atoms with Crippen molar-refractivity contribution in [1.82, 2.24) is 15.2 Å². The highest BCUT2D eigenvalue weighted by atomic mass is 19.1. The van der Waals surface area contributed by atoms with Crippen molar-refractivity contribution in [2.45, 2.75) is 25.0 Å². The quantitative estimate of drug-likeness (QED) is 0.896. The van der Waals surface area contributed by atoms with Gasteiger partial charge in [0, 0.05) is 36.6 Å². The molecule has 25 heavy (non-hydrogen) atoms. The maximum atomic E-state index is 13.4. The lowest BCUT2D eigenvalue weighted by atomic mass is 10.1. The van der Waals surface area contributed by atoms with Gasteiger partial charge in [0.25, 0.3) is 0 Å². The first-order valence-corrected chi connectivity index (χ1v) is 8.71. The number of likely N-dealkylation sites (tertiary alicyclic amines) is 1. The van der Waals surface area contributed by atoms with Crippen LogP contribution in [-0.2, 0) is 15.9 Å². The minimum absolute atomic E-state index is 0.107. The monoisotopic (exact) mass is 347 g/mol. The number of benzene rings is 1. The van der Waals surface area contributed by atoms with Crippen molar-refractivity contribution in [3.8, 4) is 0 Å². The topological polar surface area (TPSA) is 66.6 Å². The predicted octanol–water partition coefficient (Wildman–Crippen LogP) is 2.40. The van der Waals surface area contributed by atoms with Crippen LogP contribution < -0.4 is 5.32 Å². The van der Waals surface area contributed by atoms with Gasteiger partial charge >= 0.3 is 6.03 Å². The van der Waals surface area contributed by atoms with E-state index >= 15 is 0 Å². The Balaban J connectivity index is 1.33. The Morgan fingerprint density at radius 3 is 3.04 bits per heavy atom. The maximum Gasteiger partial charge on any atom is 0.317 e. The van der Waals surface area contributed by atoms with E-state index < -0.39 is 5.79 Å². The fourth-order valence-corrected chi connectivity index (χ4v) is 3.67. The highest BCUT2D eigenvalue weighted by Crippen LogP contribution is 2.30. The fraction of sp³-hybridized carbons (Fsp3) is 0.500. The normalized spacial score (nSPS) is 19.6. The predicted molar refractivity (Wildman–Crippen MR) is 90.8 cm³/mol. The van der Waals surface area contributed by atoms with Crippen molar-refractivity contribution in [1.29, 1.82) is 0 Å². The number of halogens is 1. The van der Waals surface area contributed by atoms with E-state index in [1.807, 2.05) is 6.20 Å². The van der Waals surface area contributed by atoms with Crippen LogP contribution in [0.1, 0.15) is 18.4 Å². The number of ether oxygens (including phenoxy) is 2. The van der Waals surface area contributed by atoms with E-state index in [0.29, 0.717) is 39.3 Å². The van der Waals surface area contributed by atoms with Crippen LogP contribution in [0.2, 0.25) is 0 Å². The molecule has 1 spiro atoms. The summed E-state index contributed by atoms with van der Waals surface area (Å²) in [5, 5.41) is 3.80. The summed E-state index contributed by atoms with van der Waals surface area (Å²) in [6.07, 6.45) is 4.21. The lowest BCUT2D eigenvalue weighted by molar-refractivity contribution is -0.182. The van der Waals surface area contributed by atoms with E-state index in [-0.39, 0.29) is 11.8 Å². The summed E-state index contributed by atoms with van der Waals surface area (Å²) in [7, 11) is 0. The summed E-state index contributed by atoms with van der Waals surface area (Å²) in [5.41, 5.74) is 1.89. The van der Waals surface area contributed by atoms with E-state index in [0.717, 1.165) is 29.3 Å². The summed E-state index contributed by atoms with van der Waals surface area (Å²) in [6.45, 7) is 2.85. The first kappa shape index (κ1) is 16.4. The molecular weight excluding hydrogens is 325 g/mol. The van der Waals surface area contributed by atoms with Crippen LogP contribution in [0.3, 0.4) is 0 Å². The zero-order chi connectivity index (χ0) is 17.3. The number of aromatic nitrogens is 1. The lowest BCUT2D eigenvalue weighted by Crippen LogP contribution is -2.53. The van der Waals surface area contributed by atoms with Gasteiger partial charge in [0.2, 0.25) is 0 Å². The number of urea groups is 1. The summed E-state index contributed by atoms with van der Waals surface area (Å²) >= 11 is 0. The first-order valence-electron chi connectivity index (χ1n) is 8.71. The van der Waals surface area contributed by atoms with Crippen LogP contribution in [-0.4, -0.2) is 54.6 Å². The van der Waals surface area contributed by atoms with Crippen LogP contribution in [0, 0.1) is 5.82 Å². The van der Waals surface area contributed by atoms with Gasteiger partial charge in [-0.2, -0.15) is 0 Å². The van der Waals surface area contributed by atoms with Gasteiger partial charge in [-0.3, -0.25) is 0 Å². The van der Waals surface area contributed by atoms with Gasteiger partial charge in [0.1, 0.15) is 5.82 Å². The number of fused-ring (bicyclic) bond motifs is 1. The molecule has 3 heterocycles. The third-order valence-corrected chi connectivity index (χ3v) is 4.92. The zero-order valence-electron chi connectivity index (χ0n) is 14.0. The number of amides is 2. The van der Waals surface area contributed by atoms with Gasteiger partial charge in [-0.1, -0.05) is 0 Å². The number of hydrogen-bond donors (Lipinski definition) is 2. The largest absolute Gasteiger partial charge is 0.361 e. The van der Waals surface area contributed by atoms with E-state index in [1.165, 1.54) is 12.1 Å². The molecule has 2 fully saturated rings. The molecule has 1 aromatic heterocycles.